The topological polar surface area (TPSA) is 23.0 Å². The minimum Gasteiger partial charge on any atom is -0.310 e. The van der Waals surface area contributed by atoms with E-state index in [0.29, 0.717) is 0 Å². The van der Waals surface area contributed by atoms with Crippen molar-refractivity contribution in [2.24, 2.45) is 0 Å². The van der Waals surface area contributed by atoms with Crippen LogP contribution in [0.4, 0.5) is 17.1 Å². The minimum absolute atomic E-state index is 1.05. The lowest BCUT2D eigenvalue weighted by atomic mass is 9.96. The predicted octanol–water partition coefficient (Wildman–Crippen LogP) is 20.9. The van der Waals surface area contributed by atoms with Crippen LogP contribution < -0.4 is 4.90 Å². The summed E-state index contributed by atoms with van der Waals surface area (Å²) in [7, 11) is 0. The van der Waals surface area contributed by atoms with E-state index >= 15 is 0 Å². The van der Waals surface area contributed by atoms with Crippen LogP contribution in [0.3, 0.4) is 0 Å². The van der Waals surface area contributed by atoms with Crippen LogP contribution in [0, 0.1) is 0 Å². The van der Waals surface area contributed by atoms with Crippen molar-refractivity contribution in [3.8, 4) is 45.0 Å². The fraction of sp³-hybridized carbons (Fsp3) is 0. The standard InChI is InChI=1S/C78H51N5/c1-3-19-56(20-4-1)80-75-33-17-11-27-67(75)69-50-60(43-45-77(69)80)79(61-44-46-78-70(51-61)68-28-12-18-34-76(68)81(78)57-21-5-2-6-22-57)62-48-54(52-35-39-58(40-36-52)82-71-29-13-7-23-63(71)64-24-8-14-30-72(64)82)47-55(49-62)53-37-41-59(42-38-53)83-73-31-15-9-25-65(73)66-26-10-16-32-74(66)83/h1-51H. The predicted molar refractivity (Wildman–Crippen MR) is 349 cm³/mol. The molecular weight excluding hydrogens is 1010 g/mol. The third-order valence-electron chi connectivity index (χ3n) is 17.1. The number of benzene rings is 13. The third kappa shape index (κ3) is 7.42. The highest BCUT2D eigenvalue weighted by Gasteiger charge is 2.22. The number of anilines is 3. The number of aromatic nitrogens is 4. The van der Waals surface area contributed by atoms with Gasteiger partial charge in [0.15, 0.2) is 0 Å². The Kier molecular flexibility index (Phi) is 10.6. The van der Waals surface area contributed by atoms with Gasteiger partial charge in [-0.05, 0) is 162 Å². The molecule has 0 spiro atoms. The Morgan fingerprint density at radius 3 is 0.759 bits per heavy atom. The molecule has 83 heavy (non-hydrogen) atoms. The fourth-order valence-corrected chi connectivity index (χ4v) is 13.4. The van der Waals surface area contributed by atoms with E-state index in [0.717, 1.165) is 73.1 Å². The van der Waals surface area contributed by atoms with Crippen molar-refractivity contribution in [3.63, 3.8) is 0 Å². The van der Waals surface area contributed by atoms with E-state index in [2.05, 4.69) is 333 Å². The highest BCUT2D eigenvalue weighted by Crippen LogP contribution is 2.45. The van der Waals surface area contributed by atoms with Gasteiger partial charge in [-0.1, -0.05) is 170 Å². The van der Waals surface area contributed by atoms with E-state index in [1.807, 2.05) is 0 Å². The van der Waals surface area contributed by atoms with Gasteiger partial charge in [0.05, 0.1) is 44.1 Å². The molecule has 4 aromatic heterocycles. The first-order chi connectivity index (χ1) is 41.2. The summed E-state index contributed by atoms with van der Waals surface area (Å²) in [5, 5.41) is 9.78. The van der Waals surface area contributed by atoms with Crippen LogP contribution >= 0.6 is 0 Å². The van der Waals surface area contributed by atoms with Gasteiger partial charge in [-0.15, -0.1) is 0 Å². The molecule has 17 aromatic rings. The molecule has 13 aromatic carbocycles. The molecular formula is C78H51N5. The van der Waals surface area contributed by atoms with E-state index in [1.54, 1.807) is 0 Å². The maximum absolute atomic E-state index is 2.48. The number of fused-ring (bicyclic) bond motifs is 12. The Bertz CT molecular complexity index is 4930. The van der Waals surface area contributed by atoms with Crippen LogP contribution in [0.15, 0.2) is 309 Å². The van der Waals surface area contributed by atoms with Gasteiger partial charge in [-0.25, -0.2) is 0 Å². The first kappa shape index (κ1) is 46.7. The summed E-state index contributed by atoms with van der Waals surface area (Å²) in [6.07, 6.45) is 0. The molecule has 5 nitrogen and oxygen atoms in total. The van der Waals surface area contributed by atoms with Crippen molar-refractivity contribution in [2.45, 2.75) is 0 Å². The summed E-state index contributed by atoms with van der Waals surface area (Å²) >= 11 is 0. The average Bonchev–Trinajstić information content (AvgIpc) is 3.59. The number of hydrogen-bond donors (Lipinski definition) is 0. The van der Waals surface area contributed by atoms with Crippen LogP contribution in [-0.2, 0) is 0 Å². The molecule has 0 fully saturated rings. The molecule has 4 heterocycles. The van der Waals surface area contributed by atoms with Crippen LogP contribution in [0.5, 0.6) is 0 Å². The number of rotatable bonds is 9. The Balaban J connectivity index is 0.895. The molecule has 0 amide bonds. The lowest BCUT2D eigenvalue weighted by molar-refractivity contribution is 1.18. The molecule has 388 valence electrons. The van der Waals surface area contributed by atoms with E-state index in [4.69, 9.17) is 0 Å². The molecule has 5 heteroatoms. The molecule has 0 aliphatic carbocycles. The minimum atomic E-state index is 1.05. The highest BCUT2D eigenvalue weighted by molar-refractivity contribution is 6.14. The lowest BCUT2D eigenvalue weighted by Gasteiger charge is -2.27. The van der Waals surface area contributed by atoms with Gasteiger partial charge in [0.25, 0.3) is 0 Å². The number of nitrogens with zero attached hydrogens (tertiary/aromatic N) is 5. The largest absolute Gasteiger partial charge is 0.310 e. The van der Waals surface area contributed by atoms with Gasteiger partial charge in [-0.2, -0.15) is 0 Å². The Hall–Kier alpha value is -11.1. The maximum atomic E-state index is 2.48. The molecule has 0 N–H and O–H groups in total. The maximum Gasteiger partial charge on any atom is 0.0542 e. The molecule has 0 atom stereocenters. The van der Waals surface area contributed by atoms with E-state index < -0.39 is 0 Å². The zero-order chi connectivity index (χ0) is 54.5. The first-order valence-electron chi connectivity index (χ1n) is 28.5. The summed E-state index contributed by atoms with van der Waals surface area (Å²) in [6.45, 7) is 0. The molecule has 0 bridgehead atoms. The fourth-order valence-electron chi connectivity index (χ4n) is 13.4. The zero-order valence-electron chi connectivity index (χ0n) is 45.2. The van der Waals surface area contributed by atoms with Crippen LogP contribution in [0.2, 0.25) is 0 Å². The molecule has 0 unspecified atom stereocenters. The lowest BCUT2D eigenvalue weighted by Crippen LogP contribution is -2.10. The second-order valence-electron chi connectivity index (χ2n) is 21.7. The van der Waals surface area contributed by atoms with E-state index in [1.165, 1.54) is 76.2 Å². The molecule has 0 saturated carbocycles. The third-order valence-corrected chi connectivity index (χ3v) is 17.1. The molecule has 17 rings (SSSR count). The summed E-state index contributed by atoms with van der Waals surface area (Å²) < 4.78 is 9.58. The van der Waals surface area contributed by atoms with Crippen LogP contribution in [-0.4, -0.2) is 18.3 Å². The average molecular weight is 1060 g/mol. The number of hydrogen-bond acceptors (Lipinski definition) is 1. The van der Waals surface area contributed by atoms with Gasteiger partial charge < -0.3 is 23.2 Å². The second kappa shape index (κ2) is 18.7. The highest BCUT2D eigenvalue weighted by atomic mass is 15.1. The second-order valence-corrected chi connectivity index (χ2v) is 21.7. The van der Waals surface area contributed by atoms with Gasteiger partial charge in [-0.3, -0.25) is 0 Å². The van der Waals surface area contributed by atoms with Gasteiger partial charge >= 0.3 is 0 Å². The first-order valence-corrected chi connectivity index (χ1v) is 28.5. The van der Waals surface area contributed by atoms with Crippen molar-refractivity contribution < 1.29 is 0 Å². The summed E-state index contributed by atoms with van der Waals surface area (Å²) in [6, 6.07) is 114. The SMILES string of the molecule is c1ccc(-n2c3ccccc3c3cc(N(c4cc(-c5ccc(-n6c7ccccc7c7ccccc76)cc5)cc(-c5ccc(-n6c7ccccc7c7ccccc76)cc5)c4)c4ccc5c(c4)c4ccccc4n5-c4ccccc4)ccc32)cc1. The van der Waals surface area contributed by atoms with Crippen LogP contribution in [0.25, 0.3) is 132 Å². The molecule has 0 radical (unpaired) electrons. The summed E-state index contributed by atoms with van der Waals surface area (Å²) in [5.41, 5.74) is 21.6. The quantitative estimate of drug-likeness (QED) is 0.141. The van der Waals surface area contributed by atoms with Crippen molar-refractivity contribution >= 4 is 104 Å². The number of para-hydroxylation sites is 8. The van der Waals surface area contributed by atoms with Crippen molar-refractivity contribution in [2.75, 3.05) is 4.90 Å². The zero-order valence-corrected chi connectivity index (χ0v) is 45.2. The van der Waals surface area contributed by atoms with Gasteiger partial charge in [0, 0.05) is 82.9 Å². The van der Waals surface area contributed by atoms with Gasteiger partial charge in [0.2, 0.25) is 0 Å². The Labute approximate surface area is 479 Å². The smallest absolute Gasteiger partial charge is 0.0542 e. The van der Waals surface area contributed by atoms with Crippen molar-refractivity contribution in [1.29, 1.82) is 0 Å². The Morgan fingerprint density at radius 2 is 0.434 bits per heavy atom. The normalized spacial score (nSPS) is 11.9. The van der Waals surface area contributed by atoms with Crippen LogP contribution in [0.1, 0.15) is 0 Å². The molecule has 0 aliphatic rings. The molecule has 0 saturated heterocycles. The van der Waals surface area contributed by atoms with E-state index in [9.17, 15) is 0 Å². The summed E-state index contributed by atoms with van der Waals surface area (Å²) in [4.78, 5) is 2.48. The summed E-state index contributed by atoms with van der Waals surface area (Å²) in [5.74, 6) is 0. The molecule has 0 aliphatic heterocycles. The van der Waals surface area contributed by atoms with Gasteiger partial charge in [0.1, 0.15) is 0 Å². The van der Waals surface area contributed by atoms with E-state index in [-0.39, 0.29) is 0 Å². The van der Waals surface area contributed by atoms with Crippen molar-refractivity contribution in [1.82, 2.24) is 18.3 Å². The monoisotopic (exact) mass is 1060 g/mol. The Morgan fingerprint density at radius 1 is 0.169 bits per heavy atom. The van der Waals surface area contributed by atoms with Crippen molar-refractivity contribution in [3.05, 3.63) is 309 Å².